The Bertz CT molecular complexity index is 6840. The van der Waals surface area contributed by atoms with Gasteiger partial charge in [-0.05, 0) is 125 Å². The molecule has 5 heterocycles. The molecule has 0 saturated carbocycles. The van der Waals surface area contributed by atoms with E-state index >= 15 is 0 Å². The summed E-state index contributed by atoms with van der Waals surface area (Å²) in [5.74, 6) is 0. The van der Waals surface area contributed by atoms with E-state index in [9.17, 15) is 10.5 Å². The molecular weight excluding hydrogens is 1240 g/mol. The van der Waals surface area contributed by atoms with Crippen molar-refractivity contribution in [3.63, 3.8) is 0 Å². The van der Waals surface area contributed by atoms with Gasteiger partial charge in [-0.1, -0.05) is 208 Å². The average Bonchev–Trinajstić information content (AvgIpc) is 1.48. The van der Waals surface area contributed by atoms with Crippen LogP contribution in [0, 0.1) is 35.8 Å². The molecule has 100 heavy (non-hydrogen) atoms. The van der Waals surface area contributed by atoms with E-state index in [4.69, 9.17) is 13.1 Å². The highest BCUT2D eigenvalue weighted by Gasteiger charge is 2.38. The zero-order chi connectivity index (χ0) is 67.1. The summed E-state index contributed by atoms with van der Waals surface area (Å²) < 4.78 is 11.7. The number of nitriles is 2. The highest BCUT2D eigenvalue weighted by atomic mass is 32.1. The van der Waals surface area contributed by atoms with Crippen molar-refractivity contribution in [2.75, 3.05) is 0 Å². The van der Waals surface area contributed by atoms with Crippen molar-refractivity contribution in [3.8, 4) is 68.3 Å². The van der Waals surface area contributed by atoms with Crippen molar-refractivity contribution in [1.82, 2.24) is 18.3 Å². The molecule has 0 unspecified atom stereocenters. The molecule has 1 aliphatic carbocycles. The van der Waals surface area contributed by atoms with Gasteiger partial charge in [-0.15, -0.1) is 11.3 Å². The number of thiophene rings is 1. The summed E-state index contributed by atoms with van der Waals surface area (Å²) in [7, 11) is 0. The van der Waals surface area contributed by atoms with Gasteiger partial charge in [0.05, 0.1) is 102 Å². The summed E-state index contributed by atoms with van der Waals surface area (Å²) in [4.78, 5) is 7.97. The zero-order valence-corrected chi connectivity index (χ0v) is 55.0. The molecule has 8 nitrogen and oxygen atoms in total. The van der Waals surface area contributed by atoms with E-state index in [-0.39, 0.29) is 5.41 Å². The largest absolute Gasteiger partial charge is 0.319 e. The van der Waals surface area contributed by atoms with Gasteiger partial charge in [-0.3, -0.25) is 0 Å². The van der Waals surface area contributed by atoms with Crippen LogP contribution in [0.1, 0.15) is 36.1 Å². The van der Waals surface area contributed by atoms with Gasteiger partial charge in [0.2, 0.25) is 5.69 Å². The van der Waals surface area contributed by atoms with Gasteiger partial charge in [0, 0.05) is 86.4 Å². The summed E-state index contributed by atoms with van der Waals surface area (Å²) >= 11 is 1.81. The van der Waals surface area contributed by atoms with Crippen molar-refractivity contribution >= 4 is 130 Å². The highest BCUT2D eigenvalue weighted by Crippen LogP contribution is 2.54. The highest BCUT2D eigenvalue weighted by molar-refractivity contribution is 7.26. The smallest absolute Gasteiger partial charge is 0.210 e. The quantitative estimate of drug-likeness (QED) is 0.156. The molecule has 19 aromatic rings. The lowest BCUT2D eigenvalue weighted by Gasteiger charge is -2.21. The van der Waals surface area contributed by atoms with Crippen molar-refractivity contribution < 1.29 is 0 Å². The molecule has 14 aromatic carbocycles. The van der Waals surface area contributed by atoms with Crippen LogP contribution in [0.25, 0.3) is 173 Å². The Morgan fingerprint density at radius 2 is 0.860 bits per heavy atom. The molecule has 0 amide bonds. The first kappa shape index (κ1) is 57.9. The average molecular weight is 1290 g/mol. The number of hydrogen-bond donors (Lipinski definition) is 0. The summed E-state index contributed by atoms with van der Waals surface area (Å²) in [6, 6.07) is 106. The maximum Gasteiger partial charge on any atom is 0.210 e. The van der Waals surface area contributed by atoms with Crippen LogP contribution in [-0.2, 0) is 5.41 Å². The van der Waals surface area contributed by atoms with Crippen LogP contribution >= 0.6 is 11.3 Å². The van der Waals surface area contributed by atoms with Crippen LogP contribution in [0.5, 0.6) is 0 Å². The molecule has 20 rings (SSSR count). The predicted molar refractivity (Wildman–Crippen MR) is 414 cm³/mol. The Kier molecular flexibility index (Phi) is 12.9. The summed E-state index contributed by atoms with van der Waals surface area (Å²) in [5.41, 5.74) is 23.4. The molecule has 5 aromatic heterocycles. The first-order valence-electron chi connectivity index (χ1n) is 33.3. The minimum atomic E-state index is -0.157. The van der Waals surface area contributed by atoms with Crippen LogP contribution in [0.15, 0.2) is 291 Å². The summed E-state index contributed by atoms with van der Waals surface area (Å²) in [5, 5.41) is 32.2. The van der Waals surface area contributed by atoms with Crippen molar-refractivity contribution in [2.45, 2.75) is 19.3 Å². The normalized spacial score (nSPS) is 12.3. The number of benzene rings is 14. The Labute approximate surface area is 579 Å². The van der Waals surface area contributed by atoms with Gasteiger partial charge in [0.1, 0.15) is 0 Å². The van der Waals surface area contributed by atoms with E-state index in [0.29, 0.717) is 22.5 Å². The maximum atomic E-state index is 10.2. The van der Waals surface area contributed by atoms with E-state index in [1.165, 1.54) is 64.0 Å². The van der Waals surface area contributed by atoms with Crippen molar-refractivity contribution in [2.24, 2.45) is 0 Å². The number of fused-ring (bicyclic) bond motifs is 20. The lowest BCUT2D eigenvalue weighted by Crippen LogP contribution is -2.14. The second-order valence-corrected chi connectivity index (χ2v) is 27.3. The Balaban J connectivity index is 0.000000139. The van der Waals surface area contributed by atoms with Gasteiger partial charge in [0.15, 0.2) is 5.69 Å². The number of nitrogens with zero attached hydrogens (tertiary/aromatic N) is 8. The monoisotopic (exact) mass is 1290 g/mol. The topological polar surface area (TPSA) is 76.0 Å². The van der Waals surface area contributed by atoms with Crippen LogP contribution < -0.4 is 0 Å². The summed E-state index contributed by atoms with van der Waals surface area (Å²) in [6.45, 7) is 21.0. The van der Waals surface area contributed by atoms with Crippen LogP contribution in [0.2, 0.25) is 0 Å². The standard InChI is InChI=1S/C47H30N4.C44H24N4S/c1-47(2)39-16-8-4-15-37(39)45-40(47)22-21-36-35-14-7-11-19-43(35)51(46(36)45)44-23-20-29(28-48)24-38(44)30-25-31(49-3)27-32(26-30)50-41-17-9-5-12-33(41)34-13-6-10-18-42(34)50;1-46-36-23-19-28(25-41(36)47-37-14-6-2-10-30(37)31-11-3-7-15-38(31)47)29-20-18-27(26-45)24-40(29)48-39-16-8-4-12-32(39)34-21-22-35-33-13-5-9-17-42(33)49-44(35)43(34)48/h4-27H,1-2H3;2-25H. The van der Waals surface area contributed by atoms with Crippen LogP contribution in [0.3, 0.4) is 0 Å². The molecule has 0 fully saturated rings. The first-order chi connectivity index (χ1) is 49.2. The van der Waals surface area contributed by atoms with E-state index in [1.54, 1.807) is 0 Å². The molecule has 0 spiro atoms. The first-order valence-corrected chi connectivity index (χ1v) is 34.1. The lowest BCUT2D eigenvalue weighted by molar-refractivity contribution is 0.661. The Hall–Kier alpha value is -13.5. The van der Waals surface area contributed by atoms with Crippen molar-refractivity contribution in [3.05, 3.63) is 336 Å². The fourth-order valence-electron chi connectivity index (χ4n) is 16.3. The number of aromatic nitrogens is 4. The fourth-order valence-corrected chi connectivity index (χ4v) is 17.6. The molecule has 9 heteroatoms. The second kappa shape index (κ2) is 22.3. The molecule has 0 aliphatic heterocycles. The van der Waals surface area contributed by atoms with Crippen LogP contribution in [0.4, 0.5) is 11.4 Å². The van der Waals surface area contributed by atoms with E-state index in [2.05, 4.69) is 297 Å². The van der Waals surface area contributed by atoms with Crippen molar-refractivity contribution in [1.29, 1.82) is 10.5 Å². The second-order valence-electron chi connectivity index (χ2n) is 26.3. The Morgan fingerprint density at radius 1 is 0.350 bits per heavy atom. The fraction of sp³-hybridized carbons (Fsp3) is 0.0330. The predicted octanol–water partition coefficient (Wildman–Crippen LogP) is 24.6. The summed E-state index contributed by atoms with van der Waals surface area (Å²) in [6.07, 6.45) is 0. The van der Waals surface area contributed by atoms with Crippen LogP contribution in [-0.4, -0.2) is 18.3 Å². The van der Waals surface area contributed by atoms with Gasteiger partial charge in [-0.2, -0.15) is 10.5 Å². The molecule has 0 bridgehead atoms. The van der Waals surface area contributed by atoms with Gasteiger partial charge >= 0.3 is 0 Å². The number of para-hydroxylation sites is 6. The third kappa shape index (κ3) is 8.48. The zero-order valence-electron chi connectivity index (χ0n) is 54.2. The Morgan fingerprint density at radius 3 is 1.48 bits per heavy atom. The molecule has 0 atom stereocenters. The molecule has 1 aliphatic rings. The molecule has 0 N–H and O–H groups in total. The number of rotatable bonds is 6. The maximum absolute atomic E-state index is 10.2. The SMILES string of the molecule is [C-]#[N+]c1cc(-c2cc(C#N)ccc2-n2c3ccccc3c3ccc4c(c32)-c2ccccc2C4(C)C)cc(-n2c3ccccc3c3ccccc32)c1.[C-]#[N+]c1ccc(-c2ccc(C#N)cc2-n2c3ccccc3c3ccc4c5ccccc5sc4c32)cc1-n1c2ccccc2c2ccccc21. The molecule has 464 valence electrons. The minimum Gasteiger partial charge on any atom is -0.319 e. The number of hydrogen-bond acceptors (Lipinski definition) is 3. The van der Waals surface area contributed by atoms with E-state index < -0.39 is 0 Å². The minimum absolute atomic E-state index is 0.157. The third-order valence-electron chi connectivity index (χ3n) is 20.7. The van der Waals surface area contributed by atoms with Gasteiger partial charge < -0.3 is 18.3 Å². The van der Waals surface area contributed by atoms with Gasteiger partial charge in [-0.25, -0.2) is 9.69 Å². The van der Waals surface area contributed by atoms with Gasteiger partial charge in [0.25, 0.3) is 0 Å². The van der Waals surface area contributed by atoms with E-state index in [0.717, 1.165) is 111 Å². The lowest BCUT2D eigenvalue weighted by atomic mass is 9.82. The third-order valence-corrected chi connectivity index (χ3v) is 21.9. The molecule has 0 saturated heterocycles. The van der Waals surface area contributed by atoms with E-state index in [1.807, 2.05) is 59.9 Å². The molecular formula is C91H54N8S. The molecule has 0 radical (unpaired) electrons.